The Bertz CT molecular complexity index is 398. The predicted octanol–water partition coefficient (Wildman–Crippen LogP) is 4.19. The van der Waals surface area contributed by atoms with E-state index in [-0.39, 0.29) is 5.28 Å². The Balaban J connectivity index is 2.07. The first-order chi connectivity index (χ1) is 8.70. The van der Waals surface area contributed by atoms with E-state index >= 15 is 0 Å². The van der Waals surface area contributed by atoms with Gasteiger partial charge in [-0.1, -0.05) is 31.4 Å². The normalized spacial score (nSPS) is 20.8. The van der Waals surface area contributed by atoms with Gasteiger partial charge < -0.3 is 4.90 Å². The summed E-state index contributed by atoms with van der Waals surface area (Å²) in [5, 5.41) is 0.858. The van der Waals surface area contributed by atoms with Crippen LogP contribution in [0.1, 0.15) is 39.0 Å². The van der Waals surface area contributed by atoms with Crippen LogP contribution in [0.15, 0.2) is 6.20 Å². The minimum Gasteiger partial charge on any atom is -0.355 e. The van der Waals surface area contributed by atoms with E-state index in [4.69, 9.17) is 23.2 Å². The molecule has 0 amide bonds. The van der Waals surface area contributed by atoms with Crippen molar-refractivity contribution in [3.05, 3.63) is 16.5 Å². The molecule has 3 nitrogen and oxygen atoms in total. The number of nitrogens with zero attached hydrogens (tertiary/aromatic N) is 3. The maximum Gasteiger partial charge on any atom is 0.224 e. The van der Waals surface area contributed by atoms with E-state index in [0.29, 0.717) is 5.02 Å². The summed E-state index contributed by atoms with van der Waals surface area (Å²) in [6.07, 6.45) is 7.90. The molecule has 1 fully saturated rings. The fourth-order valence-corrected chi connectivity index (χ4v) is 2.97. The lowest BCUT2D eigenvalue weighted by molar-refractivity contribution is 0.435. The molecule has 1 aliphatic rings. The number of anilines is 1. The number of aromatic nitrogens is 2. The van der Waals surface area contributed by atoms with E-state index in [0.717, 1.165) is 24.8 Å². The molecule has 1 aromatic heterocycles. The molecule has 0 radical (unpaired) electrons. The van der Waals surface area contributed by atoms with Crippen molar-refractivity contribution >= 4 is 29.0 Å². The molecule has 5 heteroatoms. The molecule has 1 unspecified atom stereocenters. The Labute approximate surface area is 119 Å². The lowest BCUT2D eigenvalue weighted by atomic mass is 9.96. The van der Waals surface area contributed by atoms with Gasteiger partial charge in [-0.2, -0.15) is 4.98 Å². The van der Waals surface area contributed by atoms with Gasteiger partial charge in [-0.25, -0.2) is 4.98 Å². The average Bonchev–Trinajstić information content (AvgIpc) is 2.58. The molecule has 2 heterocycles. The van der Waals surface area contributed by atoms with Crippen LogP contribution >= 0.6 is 23.2 Å². The lowest BCUT2D eigenvalue weighted by Gasteiger charge is -2.22. The van der Waals surface area contributed by atoms with Gasteiger partial charge in [0.05, 0.1) is 6.20 Å². The van der Waals surface area contributed by atoms with Crippen molar-refractivity contribution in [1.29, 1.82) is 0 Å². The van der Waals surface area contributed by atoms with E-state index in [9.17, 15) is 0 Å². The summed E-state index contributed by atoms with van der Waals surface area (Å²) in [4.78, 5) is 10.4. The highest BCUT2D eigenvalue weighted by Gasteiger charge is 2.19. The van der Waals surface area contributed by atoms with Gasteiger partial charge in [-0.15, -0.1) is 0 Å². The van der Waals surface area contributed by atoms with Crippen LogP contribution in [0.3, 0.4) is 0 Å². The van der Waals surface area contributed by atoms with Crippen LogP contribution in [0.25, 0.3) is 0 Å². The Hall–Kier alpha value is -0.540. The Kier molecular flexibility index (Phi) is 5.07. The molecule has 1 atom stereocenters. The fraction of sp³-hybridized carbons (Fsp3) is 0.692. The van der Waals surface area contributed by atoms with Crippen molar-refractivity contribution in [1.82, 2.24) is 9.97 Å². The van der Waals surface area contributed by atoms with Crippen molar-refractivity contribution in [3.8, 4) is 0 Å². The van der Waals surface area contributed by atoms with Crippen LogP contribution in [-0.2, 0) is 0 Å². The fourth-order valence-electron chi connectivity index (χ4n) is 2.63. The highest BCUT2D eigenvalue weighted by Crippen LogP contribution is 2.28. The van der Waals surface area contributed by atoms with Crippen LogP contribution in [0, 0.1) is 5.92 Å². The summed E-state index contributed by atoms with van der Waals surface area (Å²) in [5.74, 6) is 1.63. The van der Waals surface area contributed by atoms with Crippen molar-refractivity contribution in [2.24, 2.45) is 5.92 Å². The molecule has 2 rings (SSSR count). The zero-order valence-electron chi connectivity index (χ0n) is 10.7. The van der Waals surface area contributed by atoms with Crippen LogP contribution in [-0.4, -0.2) is 23.1 Å². The van der Waals surface area contributed by atoms with Gasteiger partial charge in [0.2, 0.25) is 5.28 Å². The SMILES string of the molecule is CCCC1CCCN(c2nc(Cl)ncc2Cl)CC1. The first-order valence-electron chi connectivity index (χ1n) is 6.63. The van der Waals surface area contributed by atoms with Gasteiger partial charge in [0.1, 0.15) is 5.02 Å². The number of hydrogen-bond donors (Lipinski definition) is 0. The zero-order chi connectivity index (χ0) is 13.0. The quantitative estimate of drug-likeness (QED) is 0.781. The molecule has 1 aliphatic heterocycles. The van der Waals surface area contributed by atoms with Crippen LogP contribution < -0.4 is 4.90 Å². The lowest BCUT2D eigenvalue weighted by Crippen LogP contribution is -2.25. The van der Waals surface area contributed by atoms with Crippen molar-refractivity contribution in [3.63, 3.8) is 0 Å². The summed E-state index contributed by atoms with van der Waals surface area (Å²) < 4.78 is 0. The Morgan fingerprint density at radius 3 is 2.94 bits per heavy atom. The maximum absolute atomic E-state index is 6.16. The predicted molar refractivity (Wildman–Crippen MR) is 76.5 cm³/mol. The second-order valence-electron chi connectivity index (χ2n) is 4.88. The van der Waals surface area contributed by atoms with Gasteiger partial charge in [0, 0.05) is 13.1 Å². The van der Waals surface area contributed by atoms with Crippen molar-refractivity contribution in [2.75, 3.05) is 18.0 Å². The largest absolute Gasteiger partial charge is 0.355 e. The molecule has 1 aromatic rings. The van der Waals surface area contributed by atoms with E-state index in [1.165, 1.54) is 32.1 Å². The van der Waals surface area contributed by atoms with Gasteiger partial charge in [0.15, 0.2) is 5.82 Å². The number of hydrogen-bond acceptors (Lipinski definition) is 3. The summed E-state index contributed by atoms with van der Waals surface area (Å²) in [5.41, 5.74) is 0. The third kappa shape index (κ3) is 3.48. The summed E-state index contributed by atoms with van der Waals surface area (Å²) in [6, 6.07) is 0. The van der Waals surface area contributed by atoms with Crippen molar-refractivity contribution < 1.29 is 0 Å². The molecule has 0 spiro atoms. The van der Waals surface area contributed by atoms with E-state index in [1.54, 1.807) is 6.20 Å². The summed E-state index contributed by atoms with van der Waals surface area (Å²) in [6.45, 7) is 4.27. The highest BCUT2D eigenvalue weighted by atomic mass is 35.5. The first kappa shape index (κ1) is 13.9. The molecule has 0 aliphatic carbocycles. The molecular formula is C13H19Cl2N3. The van der Waals surface area contributed by atoms with Gasteiger partial charge in [0.25, 0.3) is 0 Å². The van der Waals surface area contributed by atoms with Gasteiger partial charge in [-0.05, 0) is 36.8 Å². The first-order valence-corrected chi connectivity index (χ1v) is 7.39. The minimum absolute atomic E-state index is 0.267. The van der Waals surface area contributed by atoms with Crippen LogP contribution in [0.2, 0.25) is 10.3 Å². The zero-order valence-corrected chi connectivity index (χ0v) is 12.2. The van der Waals surface area contributed by atoms with E-state index in [2.05, 4.69) is 21.8 Å². The minimum atomic E-state index is 0.267. The Morgan fingerprint density at radius 2 is 2.17 bits per heavy atom. The van der Waals surface area contributed by atoms with Crippen LogP contribution in [0.5, 0.6) is 0 Å². The van der Waals surface area contributed by atoms with Gasteiger partial charge in [-0.3, -0.25) is 0 Å². The Morgan fingerprint density at radius 1 is 1.33 bits per heavy atom. The standard InChI is InChI=1S/C13H19Cl2N3/c1-2-4-10-5-3-7-18(8-6-10)12-11(14)9-16-13(15)17-12/h9-10H,2-8H2,1H3. The monoisotopic (exact) mass is 287 g/mol. The second kappa shape index (κ2) is 6.58. The number of rotatable bonds is 3. The second-order valence-corrected chi connectivity index (χ2v) is 5.63. The maximum atomic E-state index is 6.16. The number of halogens is 2. The highest BCUT2D eigenvalue weighted by molar-refractivity contribution is 6.33. The molecule has 0 saturated carbocycles. The van der Waals surface area contributed by atoms with Gasteiger partial charge >= 0.3 is 0 Å². The van der Waals surface area contributed by atoms with Crippen molar-refractivity contribution in [2.45, 2.75) is 39.0 Å². The molecule has 18 heavy (non-hydrogen) atoms. The van der Waals surface area contributed by atoms with Crippen LogP contribution in [0.4, 0.5) is 5.82 Å². The summed E-state index contributed by atoms with van der Waals surface area (Å²) >= 11 is 12.0. The third-order valence-electron chi connectivity index (χ3n) is 3.54. The molecule has 0 bridgehead atoms. The average molecular weight is 288 g/mol. The molecule has 0 aromatic carbocycles. The molecule has 1 saturated heterocycles. The molecule has 0 N–H and O–H groups in total. The summed E-state index contributed by atoms with van der Waals surface area (Å²) in [7, 11) is 0. The van der Waals surface area contributed by atoms with E-state index < -0.39 is 0 Å². The molecule has 100 valence electrons. The molecular weight excluding hydrogens is 269 g/mol. The van der Waals surface area contributed by atoms with E-state index in [1.807, 2.05) is 0 Å². The topological polar surface area (TPSA) is 29.0 Å². The third-order valence-corrected chi connectivity index (χ3v) is 3.99. The smallest absolute Gasteiger partial charge is 0.224 e.